The van der Waals surface area contributed by atoms with E-state index in [1.165, 1.54) is 14.2 Å². The maximum Gasteiger partial charge on any atom is 0.169 e. The molecule has 0 aromatic heterocycles. The van der Waals surface area contributed by atoms with Crippen LogP contribution in [0.1, 0.15) is 30.1 Å². The highest BCUT2D eigenvalue weighted by Gasteiger charge is 2.34. The Kier molecular flexibility index (Phi) is 3.81. The molecule has 1 aromatic rings. The largest absolute Gasteiger partial charge is 0.495 e. The molecule has 0 aliphatic heterocycles. The van der Waals surface area contributed by atoms with Gasteiger partial charge in [-0.1, -0.05) is 18.5 Å². The van der Waals surface area contributed by atoms with E-state index in [1.807, 2.05) is 6.92 Å². The minimum absolute atomic E-state index is 0.0309. The number of ketones is 1. The molecule has 0 radical (unpaired) electrons. The number of rotatable bonds is 5. The first-order valence-corrected chi connectivity index (χ1v) is 6.42. The van der Waals surface area contributed by atoms with Gasteiger partial charge in [0.25, 0.3) is 0 Å². The predicted molar refractivity (Wildman–Crippen MR) is 70.8 cm³/mol. The van der Waals surface area contributed by atoms with Crippen LogP contribution in [-0.2, 0) is 0 Å². The zero-order chi connectivity index (χ0) is 13.3. The van der Waals surface area contributed by atoms with E-state index in [-0.39, 0.29) is 11.7 Å². The van der Waals surface area contributed by atoms with Gasteiger partial charge in [-0.15, -0.1) is 0 Å². The number of benzene rings is 1. The molecule has 0 spiro atoms. The fraction of sp³-hybridized carbons (Fsp3) is 0.500. The molecular formula is C14H17ClO3. The Morgan fingerprint density at radius 1 is 1.33 bits per heavy atom. The normalized spacial score (nSPS) is 16.2. The van der Waals surface area contributed by atoms with Crippen LogP contribution in [0.4, 0.5) is 0 Å². The van der Waals surface area contributed by atoms with Crippen LogP contribution in [0.15, 0.2) is 12.1 Å². The first-order chi connectivity index (χ1) is 8.60. The van der Waals surface area contributed by atoms with Crippen LogP contribution in [0.25, 0.3) is 0 Å². The third-order valence-corrected chi connectivity index (χ3v) is 3.85. The van der Waals surface area contributed by atoms with E-state index >= 15 is 0 Å². The zero-order valence-corrected chi connectivity index (χ0v) is 11.6. The third-order valence-electron chi connectivity index (χ3n) is 3.49. The third kappa shape index (κ3) is 2.32. The van der Waals surface area contributed by atoms with Crippen molar-refractivity contribution in [3.8, 4) is 11.5 Å². The van der Waals surface area contributed by atoms with Crippen LogP contribution in [-0.4, -0.2) is 20.0 Å². The first-order valence-electron chi connectivity index (χ1n) is 6.04. The van der Waals surface area contributed by atoms with Gasteiger partial charge in [0.15, 0.2) is 11.5 Å². The molecular weight excluding hydrogens is 252 g/mol. The van der Waals surface area contributed by atoms with Crippen molar-refractivity contribution in [1.29, 1.82) is 0 Å². The fourth-order valence-electron chi connectivity index (χ4n) is 2.14. The number of Topliss-reactive ketones (excluding diaryl/α,β-unsaturated/α-hetero) is 1. The molecule has 1 saturated carbocycles. The maximum atomic E-state index is 12.4. The van der Waals surface area contributed by atoms with E-state index in [0.717, 1.165) is 12.8 Å². The lowest BCUT2D eigenvalue weighted by Crippen LogP contribution is -2.14. The van der Waals surface area contributed by atoms with Crippen molar-refractivity contribution in [2.75, 3.05) is 14.2 Å². The summed E-state index contributed by atoms with van der Waals surface area (Å²) in [5, 5.41) is 0.355. The van der Waals surface area contributed by atoms with E-state index in [1.54, 1.807) is 12.1 Å². The van der Waals surface area contributed by atoms with Crippen LogP contribution in [0, 0.1) is 11.8 Å². The molecule has 1 aromatic carbocycles. The number of carbonyl (C=O) groups is 1. The standard InChI is InChI=1S/C14H17ClO3/c1-8(9-4-5-9)13(16)10-6-7-11(17-2)12(15)14(10)18-3/h6-9H,4-5H2,1-3H3. The summed E-state index contributed by atoms with van der Waals surface area (Å²) in [6.45, 7) is 1.97. The second-order valence-corrected chi connectivity index (χ2v) is 5.03. The van der Waals surface area contributed by atoms with Gasteiger partial charge in [0.05, 0.1) is 19.8 Å². The van der Waals surface area contributed by atoms with Crippen LogP contribution >= 0.6 is 11.6 Å². The molecule has 3 nitrogen and oxygen atoms in total. The maximum absolute atomic E-state index is 12.4. The van der Waals surface area contributed by atoms with Crippen LogP contribution in [0.3, 0.4) is 0 Å². The summed E-state index contributed by atoms with van der Waals surface area (Å²) in [6.07, 6.45) is 2.28. The minimum Gasteiger partial charge on any atom is -0.495 e. The van der Waals surface area contributed by atoms with Gasteiger partial charge in [-0.05, 0) is 30.9 Å². The van der Waals surface area contributed by atoms with Gasteiger partial charge >= 0.3 is 0 Å². The Bertz CT molecular complexity index is 466. The smallest absolute Gasteiger partial charge is 0.169 e. The number of hydrogen-bond donors (Lipinski definition) is 0. The molecule has 4 heteroatoms. The van der Waals surface area contributed by atoms with E-state index in [2.05, 4.69) is 0 Å². The summed E-state index contributed by atoms with van der Waals surface area (Å²) < 4.78 is 10.4. The highest BCUT2D eigenvalue weighted by Crippen LogP contribution is 2.42. The molecule has 1 unspecified atom stereocenters. The molecule has 0 amide bonds. The number of hydrogen-bond acceptors (Lipinski definition) is 3. The summed E-state index contributed by atoms with van der Waals surface area (Å²) in [6, 6.07) is 3.43. The van der Waals surface area contributed by atoms with Gasteiger partial charge < -0.3 is 9.47 Å². The Hall–Kier alpha value is -1.22. The van der Waals surface area contributed by atoms with Crippen LogP contribution in [0.5, 0.6) is 11.5 Å². The molecule has 0 N–H and O–H groups in total. The number of methoxy groups -OCH3 is 2. The Balaban J connectivity index is 2.37. The summed E-state index contributed by atoms with van der Waals surface area (Å²) in [7, 11) is 3.05. The van der Waals surface area contributed by atoms with Crippen LogP contribution in [0.2, 0.25) is 5.02 Å². The quantitative estimate of drug-likeness (QED) is 0.766. The van der Waals surface area contributed by atoms with E-state index < -0.39 is 0 Å². The topological polar surface area (TPSA) is 35.5 Å². The summed E-state index contributed by atoms with van der Waals surface area (Å²) in [5.41, 5.74) is 0.544. The lowest BCUT2D eigenvalue weighted by Gasteiger charge is -2.15. The number of halogens is 1. The average molecular weight is 269 g/mol. The highest BCUT2D eigenvalue weighted by molar-refractivity contribution is 6.34. The Morgan fingerprint density at radius 2 is 2.00 bits per heavy atom. The van der Waals surface area contributed by atoms with Crippen molar-refractivity contribution in [2.45, 2.75) is 19.8 Å². The van der Waals surface area contributed by atoms with Crippen molar-refractivity contribution in [2.24, 2.45) is 11.8 Å². The molecule has 98 valence electrons. The van der Waals surface area contributed by atoms with E-state index in [0.29, 0.717) is 28.0 Å². The summed E-state index contributed by atoms with van der Waals surface area (Å²) in [4.78, 5) is 12.4. The van der Waals surface area contributed by atoms with Gasteiger partial charge in [-0.2, -0.15) is 0 Å². The molecule has 0 saturated heterocycles. The number of carbonyl (C=O) groups excluding carboxylic acids is 1. The minimum atomic E-state index is 0.0309. The number of ether oxygens (including phenoxy) is 2. The van der Waals surface area contributed by atoms with Gasteiger partial charge in [-0.25, -0.2) is 0 Å². The van der Waals surface area contributed by atoms with Gasteiger partial charge in [-0.3, -0.25) is 4.79 Å². The molecule has 1 aliphatic rings. The Morgan fingerprint density at radius 3 is 2.50 bits per heavy atom. The van der Waals surface area contributed by atoms with Crippen molar-refractivity contribution in [3.63, 3.8) is 0 Å². The van der Waals surface area contributed by atoms with Gasteiger partial charge in [0.2, 0.25) is 0 Å². The fourth-order valence-corrected chi connectivity index (χ4v) is 2.46. The van der Waals surface area contributed by atoms with Crippen molar-refractivity contribution in [1.82, 2.24) is 0 Å². The molecule has 1 fully saturated rings. The predicted octanol–water partition coefficient (Wildman–Crippen LogP) is 3.59. The Labute approximate surface area is 112 Å². The van der Waals surface area contributed by atoms with E-state index in [4.69, 9.17) is 21.1 Å². The van der Waals surface area contributed by atoms with Crippen molar-refractivity contribution in [3.05, 3.63) is 22.7 Å². The van der Waals surface area contributed by atoms with Gasteiger partial charge in [0.1, 0.15) is 10.8 Å². The lowest BCUT2D eigenvalue weighted by molar-refractivity contribution is 0.0913. The van der Waals surface area contributed by atoms with Crippen molar-refractivity contribution >= 4 is 17.4 Å². The zero-order valence-electron chi connectivity index (χ0n) is 10.8. The summed E-state index contributed by atoms with van der Waals surface area (Å²) in [5.74, 6) is 1.57. The SMILES string of the molecule is COc1ccc(C(=O)C(C)C2CC2)c(OC)c1Cl. The molecule has 18 heavy (non-hydrogen) atoms. The molecule has 2 rings (SSSR count). The monoisotopic (exact) mass is 268 g/mol. The second kappa shape index (κ2) is 5.19. The first kappa shape index (κ1) is 13.2. The average Bonchev–Trinajstić information content (AvgIpc) is 3.20. The van der Waals surface area contributed by atoms with E-state index in [9.17, 15) is 4.79 Å². The van der Waals surface area contributed by atoms with Crippen molar-refractivity contribution < 1.29 is 14.3 Å². The summed E-state index contributed by atoms with van der Waals surface area (Å²) >= 11 is 6.16. The lowest BCUT2D eigenvalue weighted by atomic mass is 9.94. The van der Waals surface area contributed by atoms with Gasteiger partial charge in [0, 0.05) is 5.92 Å². The molecule has 0 heterocycles. The van der Waals surface area contributed by atoms with Crippen LogP contribution < -0.4 is 9.47 Å². The second-order valence-electron chi connectivity index (χ2n) is 4.65. The molecule has 1 aliphatic carbocycles. The highest BCUT2D eigenvalue weighted by atomic mass is 35.5. The molecule has 1 atom stereocenters. The molecule has 0 bridgehead atoms.